The number of aromatic nitrogens is 1. The largest absolute Gasteiger partial charge is 0.444 e. The molecule has 0 unspecified atom stereocenters. The number of nitrogens with zero attached hydrogens (tertiary/aromatic N) is 2. The number of hydrogen-bond acceptors (Lipinski definition) is 5. The Morgan fingerprint density at radius 2 is 1.86 bits per heavy atom. The standard InChI is InChI=1S/C22H29N3O3S/c1-15-18(29-19(24-15)17-8-6-5-7-9-17)20(26)25-12-10-16(11-13-25)14-23-21(27)28-22(2,3)4/h5-9,16H,10-14H2,1-4H3,(H,23,27). The highest BCUT2D eigenvalue weighted by molar-refractivity contribution is 7.17. The molecule has 2 aromatic rings. The van der Waals surface area contributed by atoms with Gasteiger partial charge >= 0.3 is 6.09 Å². The van der Waals surface area contributed by atoms with Crippen LogP contribution in [0.3, 0.4) is 0 Å². The van der Waals surface area contributed by atoms with Crippen molar-refractivity contribution in [2.75, 3.05) is 19.6 Å². The summed E-state index contributed by atoms with van der Waals surface area (Å²) in [5.41, 5.74) is 1.32. The van der Waals surface area contributed by atoms with E-state index in [2.05, 4.69) is 10.3 Å². The molecule has 156 valence electrons. The third-order valence-corrected chi connectivity index (χ3v) is 6.04. The second-order valence-electron chi connectivity index (χ2n) is 8.42. The zero-order chi connectivity index (χ0) is 21.0. The number of carbonyl (C=O) groups excluding carboxylic acids is 2. The molecule has 0 bridgehead atoms. The summed E-state index contributed by atoms with van der Waals surface area (Å²) in [4.78, 5) is 32.0. The van der Waals surface area contributed by atoms with Crippen LogP contribution in [0, 0.1) is 12.8 Å². The summed E-state index contributed by atoms with van der Waals surface area (Å²) in [5.74, 6) is 0.412. The van der Waals surface area contributed by atoms with E-state index in [0.29, 0.717) is 30.4 Å². The lowest BCUT2D eigenvalue weighted by molar-refractivity contribution is 0.0500. The van der Waals surface area contributed by atoms with Gasteiger partial charge in [0.05, 0.1) is 5.69 Å². The van der Waals surface area contributed by atoms with Crippen molar-refractivity contribution < 1.29 is 14.3 Å². The molecule has 0 spiro atoms. The summed E-state index contributed by atoms with van der Waals surface area (Å²) in [5, 5.41) is 3.72. The zero-order valence-electron chi connectivity index (χ0n) is 17.5. The molecule has 7 heteroatoms. The molecule has 1 N–H and O–H groups in total. The minimum atomic E-state index is -0.495. The number of alkyl carbamates (subject to hydrolysis) is 1. The van der Waals surface area contributed by atoms with Crippen LogP contribution in [0.4, 0.5) is 4.79 Å². The molecular formula is C22H29N3O3S. The number of nitrogens with one attached hydrogen (secondary N) is 1. The molecule has 1 saturated heterocycles. The van der Waals surface area contributed by atoms with E-state index < -0.39 is 5.60 Å². The molecule has 1 fully saturated rings. The first kappa shape index (κ1) is 21.3. The second-order valence-corrected chi connectivity index (χ2v) is 9.42. The lowest BCUT2D eigenvalue weighted by atomic mass is 9.96. The monoisotopic (exact) mass is 415 g/mol. The van der Waals surface area contributed by atoms with Gasteiger partial charge in [0.15, 0.2) is 0 Å². The second kappa shape index (κ2) is 8.95. The normalized spacial score (nSPS) is 15.2. The van der Waals surface area contributed by atoms with Crippen molar-refractivity contribution in [2.24, 2.45) is 5.92 Å². The Hall–Kier alpha value is -2.41. The number of thiazole rings is 1. The van der Waals surface area contributed by atoms with Gasteiger partial charge < -0.3 is 15.0 Å². The summed E-state index contributed by atoms with van der Waals surface area (Å²) >= 11 is 1.46. The Morgan fingerprint density at radius 1 is 1.21 bits per heavy atom. The molecule has 0 aliphatic carbocycles. The molecule has 1 aromatic carbocycles. The number of rotatable bonds is 4. The van der Waals surface area contributed by atoms with E-state index in [9.17, 15) is 9.59 Å². The maximum atomic E-state index is 13.0. The van der Waals surface area contributed by atoms with E-state index in [0.717, 1.165) is 29.1 Å². The van der Waals surface area contributed by atoms with Crippen LogP contribution in [0.2, 0.25) is 0 Å². The molecule has 0 atom stereocenters. The number of benzene rings is 1. The van der Waals surface area contributed by atoms with E-state index in [-0.39, 0.29) is 12.0 Å². The van der Waals surface area contributed by atoms with Crippen molar-refractivity contribution in [1.29, 1.82) is 0 Å². The predicted octanol–water partition coefficient (Wildman–Crippen LogP) is 4.50. The van der Waals surface area contributed by atoms with Crippen LogP contribution < -0.4 is 5.32 Å². The van der Waals surface area contributed by atoms with Crippen molar-refractivity contribution in [1.82, 2.24) is 15.2 Å². The van der Waals surface area contributed by atoms with Crippen molar-refractivity contribution in [3.05, 3.63) is 40.9 Å². The summed E-state index contributed by atoms with van der Waals surface area (Å²) in [6, 6.07) is 9.94. The van der Waals surface area contributed by atoms with E-state index in [1.165, 1.54) is 11.3 Å². The average Bonchev–Trinajstić information content (AvgIpc) is 3.07. The SMILES string of the molecule is Cc1nc(-c2ccccc2)sc1C(=O)N1CCC(CNC(=O)OC(C)(C)C)CC1. The Morgan fingerprint density at radius 3 is 2.48 bits per heavy atom. The maximum Gasteiger partial charge on any atom is 0.407 e. The molecule has 6 nitrogen and oxygen atoms in total. The minimum absolute atomic E-state index is 0.0562. The summed E-state index contributed by atoms with van der Waals surface area (Å²) < 4.78 is 5.28. The highest BCUT2D eigenvalue weighted by Crippen LogP contribution is 2.29. The Kier molecular flexibility index (Phi) is 6.57. The van der Waals surface area contributed by atoms with Gasteiger partial charge in [-0.2, -0.15) is 0 Å². The predicted molar refractivity (Wildman–Crippen MR) is 115 cm³/mol. The Bertz CT molecular complexity index is 850. The fraction of sp³-hybridized carbons (Fsp3) is 0.500. The third-order valence-electron chi connectivity index (χ3n) is 4.85. The van der Waals surface area contributed by atoms with Gasteiger partial charge in [0, 0.05) is 25.2 Å². The first-order chi connectivity index (χ1) is 13.7. The van der Waals surface area contributed by atoms with Crippen molar-refractivity contribution in [2.45, 2.75) is 46.1 Å². The number of carbonyl (C=O) groups is 2. The first-order valence-corrected chi connectivity index (χ1v) is 10.8. The smallest absolute Gasteiger partial charge is 0.407 e. The molecule has 1 aliphatic rings. The molecule has 1 aliphatic heterocycles. The van der Waals surface area contributed by atoms with Crippen LogP contribution in [0.25, 0.3) is 10.6 Å². The average molecular weight is 416 g/mol. The van der Waals surface area contributed by atoms with Crippen molar-refractivity contribution >= 4 is 23.3 Å². The minimum Gasteiger partial charge on any atom is -0.444 e. The van der Waals surface area contributed by atoms with E-state index >= 15 is 0 Å². The fourth-order valence-corrected chi connectivity index (χ4v) is 4.36. The molecular weight excluding hydrogens is 386 g/mol. The van der Waals surface area contributed by atoms with Crippen LogP contribution in [0.5, 0.6) is 0 Å². The molecule has 2 heterocycles. The van der Waals surface area contributed by atoms with Crippen LogP contribution in [0.1, 0.15) is 49.0 Å². The molecule has 0 saturated carbocycles. The molecule has 0 radical (unpaired) electrons. The van der Waals surface area contributed by atoms with Crippen LogP contribution in [-0.4, -0.2) is 47.1 Å². The maximum absolute atomic E-state index is 13.0. The topological polar surface area (TPSA) is 71.5 Å². The molecule has 29 heavy (non-hydrogen) atoms. The van der Waals surface area contributed by atoms with Crippen LogP contribution in [-0.2, 0) is 4.74 Å². The van der Waals surface area contributed by atoms with Crippen LogP contribution in [0.15, 0.2) is 30.3 Å². The molecule has 3 rings (SSSR count). The van der Waals surface area contributed by atoms with E-state index in [1.54, 1.807) is 0 Å². The van der Waals surface area contributed by atoms with Gasteiger partial charge in [0.25, 0.3) is 5.91 Å². The van der Waals surface area contributed by atoms with Gasteiger partial charge in [-0.05, 0) is 46.5 Å². The summed E-state index contributed by atoms with van der Waals surface area (Å²) in [7, 11) is 0. The van der Waals surface area contributed by atoms with Gasteiger partial charge in [-0.15, -0.1) is 11.3 Å². The number of hydrogen-bond donors (Lipinski definition) is 1. The Balaban J connectivity index is 1.53. The number of ether oxygens (including phenoxy) is 1. The highest BCUT2D eigenvalue weighted by atomic mass is 32.1. The zero-order valence-corrected chi connectivity index (χ0v) is 18.3. The number of aryl methyl sites for hydroxylation is 1. The van der Waals surface area contributed by atoms with Gasteiger partial charge in [0.1, 0.15) is 15.5 Å². The van der Waals surface area contributed by atoms with Gasteiger partial charge in [-0.25, -0.2) is 9.78 Å². The summed E-state index contributed by atoms with van der Waals surface area (Å²) in [6.07, 6.45) is 1.35. The first-order valence-electron chi connectivity index (χ1n) is 10.0. The third kappa shape index (κ3) is 5.79. The highest BCUT2D eigenvalue weighted by Gasteiger charge is 2.27. The lowest BCUT2D eigenvalue weighted by Gasteiger charge is -2.32. The van der Waals surface area contributed by atoms with Crippen LogP contribution >= 0.6 is 11.3 Å². The quantitative estimate of drug-likeness (QED) is 0.798. The number of amides is 2. The molecule has 1 aromatic heterocycles. The van der Waals surface area contributed by atoms with Gasteiger partial charge in [-0.3, -0.25) is 4.79 Å². The van der Waals surface area contributed by atoms with E-state index in [1.807, 2.05) is 62.9 Å². The van der Waals surface area contributed by atoms with Crippen molar-refractivity contribution in [3.8, 4) is 10.6 Å². The number of likely N-dealkylation sites (tertiary alicyclic amines) is 1. The van der Waals surface area contributed by atoms with Gasteiger partial charge in [-0.1, -0.05) is 30.3 Å². The van der Waals surface area contributed by atoms with Gasteiger partial charge in [0.2, 0.25) is 0 Å². The summed E-state index contributed by atoms with van der Waals surface area (Å²) in [6.45, 7) is 9.40. The number of piperidine rings is 1. The Labute approximate surface area is 176 Å². The lowest BCUT2D eigenvalue weighted by Crippen LogP contribution is -2.42. The fourth-order valence-electron chi connectivity index (χ4n) is 3.32. The molecule has 2 amide bonds. The van der Waals surface area contributed by atoms with E-state index in [4.69, 9.17) is 4.74 Å². The van der Waals surface area contributed by atoms with Crippen molar-refractivity contribution in [3.63, 3.8) is 0 Å².